The van der Waals surface area contributed by atoms with Gasteiger partial charge in [0.05, 0.1) is 30.3 Å². The van der Waals surface area contributed by atoms with Crippen molar-refractivity contribution >= 4 is 11.6 Å². The van der Waals surface area contributed by atoms with Crippen molar-refractivity contribution in [3.05, 3.63) is 65.2 Å². The number of amides is 1. The smallest absolute Gasteiger partial charge is 0.311 e. The summed E-state index contributed by atoms with van der Waals surface area (Å²) >= 11 is 0. The summed E-state index contributed by atoms with van der Waals surface area (Å²) in [7, 11) is 0. The van der Waals surface area contributed by atoms with Crippen LogP contribution in [0.4, 0.5) is 32.0 Å². The summed E-state index contributed by atoms with van der Waals surface area (Å²) in [5.74, 6) is -0.826. The van der Waals surface area contributed by atoms with Gasteiger partial charge in [-0.2, -0.15) is 31.6 Å². The van der Waals surface area contributed by atoms with E-state index in [0.717, 1.165) is 16.5 Å². The number of nitrogens with zero attached hydrogens (tertiary/aromatic N) is 2. The van der Waals surface area contributed by atoms with Gasteiger partial charge in [0.15, 0.2) is 0 Å². The second-order valence-electron chi connectivity index (χ2n) is 6.34. The van der Waals surface area contributed by atoms with E-state index >= 15 is 0 Å². The van der Waals surface area contributed by atoms with Gasteiger partial charge in [0.2, 0.25) is 5.91 Å². The number of nitriles is 1. The Hall–Kier alpha value is -3.06. The van der Waals surface area contributed by atoms with Gasteiger partial charge in [-0.3, -0.25) is 4.79 Å². The zero-order valence-corrected chi connectivity index (χ0v) is 15.5. The molecule has 2 rings (SSSR count). The Morgan fingerprint density at radius 2 is 1.70 bits per heavy atom. The predicted molar refractivity (Wildman–Crippen MR) is 97.6 cm³/mol. The third kappa shape index (κ3) is 6.77. The monoisotopic (exact) mass is 429 g/mol. The molecule has 160 valence electrons. The molecule has 2 aromatic carbocycles. The van der Waals surface area contributed by atoms with E-state index in [1.807, 2.05) is 5.32 Å². The molecular formula is C20H17F6N3O. The van der Waals surface area contributed by atoms with Crippen molar-refractivity contribution in [3.63, 3.8) is 0 Å². The van der Waals surface area contributed by atoms with Crippen LogP contribution in [0.25, 0.3) is 0 Å². The van der Waals surface area contributed by atoms with Crippen molar-refractivity contribution in [2.24, 2.45) is 0 Å². The van der Waals surface area contributed by atoms with Gasteiger partial charge in [0.25, 0.3) is 0 Å². The summed E-state index contributed by atoms with van der Waals surface area (Å²) in [6.07, 6.45) is -9.09. The molecule has 4 nitrogen and oxygen atoms in total. The molecule has 0 atom stereocenters. The second kappa shape index (κ2) is 9.63. The standard InChI is InChI=1S/C20H17F6N3O/c21-19(22,23)13-28-12-18(30)29(9-8-14-4-2-1-3-5-14)16-7-6-15(11-27)17(10-16)20(24,25)26/h1-7,10,28H,8-9,12-13H2. The molecule has 0 heterocycles. The first-order chi connectivity index (χ1) is 14.0. The van der Waals surface area contributed by atoms with Gasteiger partial charge >= 0.3 is 12.4 Å². The molecule has 0 saturated heterocycles. The van der Waals surface area contributed by atoms with Crippen LogP contribution in [0, 0.1) is 11.3 Å². The van der Waals surface area contributed by atoms with Crippen LogP contribution < -0.4 is 10.2 Å². The predicted octanol–water partition coefficient (Wildman–Crippen LogP) is 4.30. The Morgan fingerprint density at radius 3 is 2.27 bits per heavy atom. The zero-order valence-electron chi connectivity index (χ0n) is 15.5. The number of carbonyl (C=O) groups excluding carboxylic acids is 1. The van der Waals surface area contributed by atoms with E-state index in [0.29, 0.717) is 6.07 Å². The maximum Gasteiger partial charge on any atom is 0.417 e. The van der Waals surface area contributed by atoms with Crippen LogP contribution in [0.15, 0.2) is 48.5 Å². The molecular weight excluding hydrogens is 412 g/mol. The third-order valence-electron chi connectivity index (χ3n) is 4.11. The van der Waals surface area contributed by atoms with Crippen LogP contribution in [0.5, 0.6) is 0 Å². The lowest BCUT2D eigenvalue weighted by atomic mass is 10.1. The number of halogens is 6. The maximum atomic E-state index is 13.3. The Kier molecular flexibility index (Phi) is 7.45. The summed E-state index contributed by atoms with van der Waals surface area (Å²) < 4.78 is 76.8. The maximum absolute atomic E-state index is 13.3. The summed E-state index contributed by atoms with van der Waals surface area (Å²) in [5.41, 5.74) is -1.19. The Morgan fingerprint density at radius 1 is 1.03 bits per heavy atom. The summed E-state index contributed by atoms with van der Waals surface area (Å²) in [6, 6.07) is 13.0. The first kappa shape index (κ1) is 23.2. The number of nitrogens with one attached hydrogen (secondary N) is 1. The highest BCUT2D eigenvalue weighted by Crippen LogP contribution is 2.34. The first-order valence-corrected chi connectivity index (χ1v) is 8.74. The highest BCUT2D eigenvalue weighted by molar-refractivity contribution is 5.95. The lowest BCUT2D eigenvalue weighted by Gasteiger charge is -2.24. The average Bonchev–Trinajstić information content (AvgIpc) is 2.67. The molecule has 0 saturated carbocycles. The fourth-order valence-electron chi connectivity index (χ4n) is 2.72. The molecule has 0 fully saturated rings. The molecule has 1 N–H and O–H groups in total. The van der Waals surface area contributed by atoms with E-state index in [1.54, 1.807) is 30.3 Å². The van der Waals surface area contributed by atoms with Crippen LogP contribution >= 0.6 is 0 Å². The minimum Gasteiger partial charge on any atom is -0.311 e. The number of benzene rings is 2. The van der Waals surface area contributed by atoms with E-state index in [9.17, 15) is 31.1 Å². The lowest BCUT2D eigenvalue weighted by molar-refractivity contribution is -0.138. The van der Waals surface area contributed by atoms with E-state index in [2.05, 4.69) is 0 Å². The van der Waals surface area contributed by atoms with E-state index in [-0.39, 0.29) is 18.7 Å². The van der Waals surface area contributed by atoms with Gasteiger partial charge in [-0.15, -0.1) is 0 Å². The average molecular weight is 429 g/mol. The molecule has 2 aromatic rings. The van der Waals surface area contributed by atoms with Crippen molar-refractivity contribution in [1.82, 2.24) is 5.32 Å². The number of carbonyl (C=O) groups is 1. The van der Waals surface area contributed by atoms with Crippen LogP contribution in [0.1, 0.15) is 16.7 Å². The molecule has 0 aliphatic carbocycles. The molecule has 0 unspecified atom stereocenters. The van der Waals surface area contributed by atoms with Gasteiger partial charge in [-0.1, -0.05) is 30.3 Å². The summed E-state index contributed by atoms with van der Waals surface area (Å²) in [5, 5.41) is 10.9. The normalized spacial score (nSPS) is 11.8. The van der Waals surface area contributed by atoms with E-state index in [4.69, 9.17) is 5.26 Å². The lowest BCUT2D eigenvalue weighted by Crippen LogP contribution is -2.42. The minimum absolute atomic E-state index is 0.0558. The zero-order chi connectivity index (χ0) is 22.4. The van der Waals surface area contributed by atoms with Gasteiger partial charge in [-0.05, 0) is 30.2 Å². The molecule has 0 bridgehead atoms. The van der Waals surface area contributed by atoms with Crippen molar-refractivity contribution in [3.8, 4) is 6.07 Å². The van der Waals surface area contributed by atoms with Crippen molar-refractivity contribution in [1.29, 1.82) is 5.26 Å². The van der Waals surface area contributed by atoms with E-state index in [1.165, 1.54) is 12.1 Å². The van der Waals surface area contributed by atoms with Crippen molar-refractivity contribution in [2.45, 2.75) is 18.8 Å². The minimum atomic E-state index is -4.83. The van der Waals surface area contributed by atoms with Gasteiger partial charge in [0.1, 0.15) is 0 Å². The summed E-state index contributed by atoms with van der Waals surface area (Å²) in [6.45, 7) is -2.18. The highest BCUT2D eigenvalue weighted by Gasteiger charge is 2.34. The van der Waals surface area contributed by atoms with Crippen LogP contribution in [0.2, 0.25) is 0 Å². The molecule has 0 radical (unpaired) electrons. The Balaban J connectivity index is 2.30. The Labute approximate surface area is 168 Å². The molecule has 0 aromatic heterocycles. The number of hydrogen-bond donors (Lipinski definition) is 1. The molecule has 0 aliphatic rings. The highest BCUT2D eigenvalue weighted by atomic mass is 19.4. The number of anilines is 1. The topological polar surface area (TPSA) is 56.1 Å². The van der Waals surface area contributed by atoms with Crippen LogP contribution in [-0.2, 0) is 17.4 Å². The fourth-order valence-corrected chi connectivity index (χ4v) is 2.72. The number of rotatable bonds is 7. The van der Waals surface area contributed by atoms with E-state index < -0.39 is 42.5 Å². The number of alkyl halides is 6. The fraction of sp³-hybridized carbons (Fsp3) is 0.300. The molecule has 1 amide bonds. The molecule has 30 heavy (non-hydrogen) atoms. The largest absolute Gasteiger partial charge is 0.417 e. The van der Waals surface area contributed by atoms with Gasteiger partial charge in [-0.25, -0.2) is 0 Å². The Bertz CT molecular complexity index is 903. The molecule has 0 spiro atoms. The van der Waals surface area contributed by atoms with Gasteiger partial charge < -0.3 is 10.2 Å². The first-order valence-electron chi connectivity index (χ1n) is 8.74. The summed E-state index contributed by atoms with van der Waals surface area (Å²) in [4.78, 5) is 13.5. The SMILES string of the molecule is N#Cc1ccc(N(CCc2ccccc2)C(=O)CNCC(F)(F)F)cc1C(F)(F)F. The van der Waals surface area contributed by atoms with Crippen LogP contribution in [0.3, 0.4) is 0 Å². The van der Waals surface area contributed by atoms with Crippen molar-refractivity contribution < 1.29 is 31.1 Å². The van der Waals surface area contributed by atoms with Gasteiger partial charge in [0, 0.05) is 12.2 Å². The number of hydrogen-bond acceptors (Lipinski definition) is 3. The van der Waals surface area contributed by atoms with Crippen molar-refractivity contribution in [2.75, 3.05) is 24.5 Å². The third-order valence-corrected chi connectivity index (χ3v) is 4.11. The van der Waals surface area contributed by atoms with Crippen LogP contribution in [-0.4, -0.2) is 31.7 Å². The second-order valence-corrected chi connectivity index (χ2v) is 6.34. The molecule has 0 aliphatic heterocycles. The quantitative estimate of drug-likeness (QED) is 0.668. The molecule has 10 heteroatoms.